The van der Waals surface area contributed by atoms with Gasteiger partial charge in [0.2, 0.25) is 0 Å². The molecule has 0 aromatic heterocycles. The molecule has 1 saturated carbocycles. The van der Waals surface area contributed by atoms with Crippen molar-refractivity contribution >= 4 is 21.4 Å². The Morgan fingerprint density at radius 1 is 1.17 bits per heavy atom. The normalized spacial score (nSPS) is 26.9. The van der Waals surface area contributed by atoms with Gasteiger partial charge in [0.1, 0.15) is 0 Å². The highest BCUT2D eigenvalue weighted by atomic mass is 35.5. The predicted octanol–water partition coefficient (Wildman–Crippen LogP) is 2.62. The minimum atomic E-state index is -3.55. The SMILES string of the molecule is COC[C@@]1(N)[C@@H](c2cccc(Cl)c2)[C@@H]1S(=O)(=O)c1ccccc1. The zero-order valence-electron chi connectivity index (χ0n) is 12.6. The average Bonchev–Trinajstić information content (AvgIpc) is 3.15. The molecule has 0 unspecified atom stereocenters. The summed E-state index contributed by atoms with van der Waals surface area (Å²) in [6, 6.07) is 15.6. The molecule has 2 N–H and O–H groups in total. The Morgan fingerprint density at radius 2 is 1.87 bits per heavy atom. The second-order valence-corrected chi connectivity index (χ2v) is 8.36. The molecule has 1 aliphatic carbocycles. The Balaban J connectivity index is 2.04. The van der Waals surface area contributed by atoms with Gasteiger partial charge in [0, 0.05) is 18.1 Å². The largest absolute Gasteiger partial charge is 0.383 e. The van der Waals surface area contributed by atoms with Crippen molar-refractivity contribution in [2.24, 2.45) is 5.73 Å². The van der Waals surface area contributed by atoms with Crippen LogP contribution in [0.2, 0.25) is 5.02 Å². The van der Waals surface area contributed by atoms with Gasteiger partial charge in [0.25, 0.3) is 0 Å². The molecule has 4 nitrogen and oxygen atoms in total. The zero-order chi connectivity index (χ0) is 16.7. The summed E-state index contributed by atoms with van der Waals surface area (Å²) in [6.07, 6.45) is 0. The number of methoxy groups -OCH3 is 1. The van der Waals surface area contributed by atoms with Crippen molar-refractivity contribution in [3.63, 3.8) is 0 Å². The fourth-order valence-corrected chi connectivity index (χ4v) is 5.77. The fraction of sp³-hybridized carbons (Fsp3) is 0.294. The second-order valence-electron chi connectivity index (χ2n) is 5.86. The molecule has 6 heteroatoms. The third kappa shape index (κ3) is 2.78. The van der Waals surface area contributed by atoms with E-state index in [0.29, 0.717) is 5.02 Å². The number of ether oxygens (including phenoxy) is 1. The van der Waals surface area contributed by atoms with E-state index in [1.165, 1.54) is 7.11 Å². The van der Waals surface area contributed by atoms with Gasteiger partial charge in [-0.05, 0) is 29.8 Å². The van der Waals surface area contributed by atoms with E-state index in [0.717, 1.165) is 5.56 Å². The van der Waals surface area contributed by atoms with Gasteiger partial charge in [-0.1, -0.05) is 41.9 Å². The van der Waals surface area contributed by atoms with Crippen molar-refractivity contribution in [2.45, 2.75) is 21.6 Å². The molecule has 0 spiro atoms. The van der Waals surface area contributed by atoms with E-state index in [9.17, 15) is 8.42 Å². The summed E-state index contributed by atoms with van der Waals surface area (Å²) < 4.78 is 31.2. The minimum absolute atomic E-state index is 0.168. The van der Waals surface area contributed by atoms with Crippen LogP contribution in [0.4, 0.5) is 0 Å². The molecule has 1 aliphatic rings. The first-order chi connectivity index (χ1) is 10.9. The van der Waals surface area contributed by atoms with Gasteiger partial charge in [-0.2, -0.15) is 0 Å². The van der Waals surface area contributed by atoms with Gasteiger partial charge in [-0.15, -0.1) is 0 Å². The first kappa shape index (κ1) is 16.5. The van der Waals surface area contributed by atoms with Crippen LogP contribution in [0.3, 0.4) is 0 Å². The molecule has 0 amide bonds. The average molecular weight is 352 g/mol. The van der Waals surface area contributed by atoms with Crippen molar-refractivity contribution in [3.05, 3.63) is 65.2 Å². The van der Waals surface area contributed by atoms with E-state index < -0.39 is 20.6 Å². The van der Waals surface area contributed by atoms with Crippen LogP contribution < -0.4 is 5.73 Å². The third-order valence-corrected chi connectivity index (χ3v) is 6.85. The van der Waals surface area contributed by atoms with Crippen molar-refractivity contribution < 1.29 is 13.2 Å². The predicted molar refractivity (Wildman–Crippen MR) is 90.4 cm³/mol. The molecule has 2 aromatic carbocycles. The van der Waals surface area contributed by atoms with Crippen molar-refractivity contribution in [2.75, 3.05) is 13.7 Å². The molecule has 0 bridgehead atoms. The Labute approximate surface area is 141 Å². The third-order valence-electron chi connectivity index (χ3n) is 4.31. The number of sulfone groups is 1. The van der Waals surface area contributed by atoms with Crippen LogP contribution in [0.15, 0.2) is 59.5 Å². The van der Waals surface area contributed by atoms with Gasteiger partial charge in [0.05, 0.1) is 22.3 Å². The van der Waals surface area contributed by atoms with Crippen molar-refractivity contribution in [3.8, 4) is 0 Å². The molecule has 122 valence electrons. The summed E-state index contributed by atoms with van der Waals surface area (Å²) in [7, 11) is -2.03. The number of hydrogen-bond donors (Lipinski definition) is 1. The van der Waals surface area contributed by atoms with Crippen LogP contribution in [0.25, 0.3) is 0 Å². The number of halogens is 1. The van der Waals surface area contributed by atoms with Crippen LogP contribution in [-0.4, -0.2) is 32.9 Å². The lowest BCUT2D eigenvalue weighted by atomic mass is 10.1. The molecule has 1 fully saturated rings. The smallest absolute Gasteiger partial charge is 0.183 e. The topological polar surface area (TPSA) is 69.4 Å². The number of nitrogens with two attached hydrogens (primary N) is 1. The van der Waals surface area contributed by atoms with Crippen molar-refractivity contribution in [1.29, 1.82) is 0 Å². The summed E-state index contributed by atoms with van der Waals surface area (Å²) in [4.78, 5) is 0.278. The summed E-state index contributed by atoms with van der Waals surface area (Å²) in [5, 5.41) is -0.166. The molecule has 0 radical (unpaired) electrons. The highest BCUT2D eigenvalue weighted by molar-refractivity contribution is 7.92. The van der Waals surface area contributed by atoms with Crippen LogP contribution >= 0.6 is 11.6 Å². The minimum Gasteiger partial charge on any atom is -0.383 e. The monoisotopic (exact) mass is 351 g/mol. The van der Waals surface area contributed by atoms with E-state index in [-0.39, 0.29) is 17.4 Å². The number of hydrogen-bond acceptors (Lipinski definition) is 4. The lowest BCUT2D eigenvalue weighted by Gasteiger charge is -2.11. The first-order valence-electron chi connectivity index (χ1n) is 7.23. The molecular weight excluding hydrogens is 334 g/mol. The maximum absolute atomic E-state index is 13.0. The van der Waals surface area contributed by atoms with E-state index in [4.69, 9.17) is 22.1 Å². The van der Waals surface area contributed by atoms with Gasteiger partial charge in [-0.3, -0.25) is 0 Å². The molecule has 23 heavy (non-hydrogen) atoms. The Kier molecular flexibility index (Phi) is 4.23. The zero-order valence-corrected chi connectivity index (χ0v) is 14.2. The molecule has 3 atom stereocenters. The van der Waals surface area contributed by atoms with E-state index in [1.807, 2.05) is 6.07 Å². The van der Waals surface area contributed by atoms with Crippen LogP contribution in [0.1, 0.15) is 11.5 Å². The molecule has 0 saturated heterocycles. The highest BCUT2D eigenvalue weighted by Gasteiger charge is 2.69. The summed E-state index contributed by atoms with van der Waals surface area (Å²) in [6.45, 7) is 0.168. The standard InChI is InChI=1S/C17H18ClNO3S/c1-22-11-17(19)15(12-6-5-7-13(18)10-12)16(17)23(20,21)14-8-3-2-4-9-14/h2-10,15-16H,11,19H2,1H3/t15-,16-,17+/m0/s1. The van der Waals surface area contributed by atoms with Crippen LogP contribution in [0.5, 0.6) is 0 Å². The Bertz CT molecular complexity index is 810. The number of benzene rings is 2. The highest BCUT2D eigenvalue weighted by Crippen LogP contribution is 2.55. The Morgan fingerprint density at radius 3 is 2.48 bits per heavy atom. The summed E-state index contributed by atoms with van der Waals surface area (Å²) in [5.41, 5.74) is 6.27. The van der Waals surface area contributed by atoms with Gasteiger partial charge >= 0.3 is 0 Å². The number of rotatable bonds is 5. The lowest BCUT2D eigenvalue weighted by molar-refractivity contribution is 0.171. The first-order valence-corrected chi connectivity index (χ1v) is 9.16. The quantitative estimate of drug-likeness (QED) is 0.899. The maximum atomic E-state index is 13.0. The van der Waals surface area contributed by atoms with Crippen molar-refractivity contribution in [1.82, 2.24) is 0 Å². The molecule has 0 aliphatic heterocycles. The summed E-state index contributed by atoms with van der Waals surface area (Å²) in [5.74, 6) is -0.341. The van der Waals surface area contributed by atoms with Crippen LogP contribution in [-0.2, 0) is 14.6 Å². The van der Waals surface area contributed by atoms with Crippen LogP contribution in [0, 0.1) is 0 Å². The van der Waals surface area contributed by atoms with Gasteiger partial charge in [0.15, 0.2) is 9.84 Å². The second kappa shape index (κ2) is 5.91. The Hall–Kier alpha value is -1.40. The van der Waals surface area contributed by atoms with Gasteiger partial charge in [-0.25, -0.2) is 8.42 Å². The summed E-state index contributed by atoms with van der Waals surface area (Å²) >= 11 is 6.04. The lowest BCUT2D eigenvalue weighted by Crippen LogP contribution is -2.35. The van der Waals surface area contributed by atoms with E-state index in [1.54, 1.807) is 48.5 Å². The molecule has 2 aromatic rings. The van der Waals surface area contributed by atoms with Gasteiger partial charge < -0.3 is 10.5 Å². The maximum Gasteiger partial charge on any atom is 0.183 e. The molecule has 3 rings (SSSR count). The van der Waals surface area contributed by atoms with E-state index >= 15 is 0 Å². The fourth-order valence-electron chi connectivity index (χ4n) is 3.25. The molecular formula is C17H18ClNO3S. The molecule has 0 heterocycles. The van der Waals surface area contributed by atoms with E-state index in [2.05, 4.69) is 0 Å².